The normalized spacial score (nSPS) is 14.7. The molecule has 2 amide bonds. The molecule has 6 heteroatoms. The van der Waals surface area contributed by atoms with Crippen LogP contribution in [0.1, 0.15) is 35.0 Å². The number of nitrogens with zero attached hydrogens (tertiary/aromatic N) is 4. The van der Waals surface area contributed by atoms with E-state index in [1.54, 1.807) is 22.8 Å². The molecule has 1 aromatic carbocycles. The second-order valence-electron chi connectivity index (χ2n) is 7.39. The average molecular weight is 380 g/mol. The molecular weight excluding hydrogens is 352 g/mol. The van der Waals surface area contributed by atoms with Crippen LogP contribution in [0.4, 0.5) is 0 Å². The number of aromatic nitrogens is 2. The Morgan fingerprint density at radius 3 is 2.21 bits per heavy atom. The van der Waals surface area contributed by atoms with E-state index in [0.29, 0.717) is 32.7 Å². The van der Waals surface area contributed by atoms with Crippen LogP contribution >= 0.6 is 0 Å². The number of rotatable bonds is 4. The van der Waals surface area contributed by atoms with Crippen LogP contribution in [0.15, 0.2) is 30.3 Å². The van der Waals surface area contributed by atoms with Crippen LogP contribution in [0.25, 0.3) is 6.08 Å². The molecule has 0 saturated carbocycles. The Bertz CT molecular complexity index is 888. The third-order valence-electron chi connectivity index (χ3n) is 5.32. The van der Waals surface area contributed by atoms with Gasteiger partial charge in [0.15, 0.2) is 0 Å². The van der Waals surface area contributed by atoms with E-state index in [1.807, 2.05) is 24.6 Å². The predicted octanol–water partition coefficient (Wildman–Crippen LogP) is 2.56. The number of hydrogen-bond donors (Lipinski definition) is 0. The fourth-order valence-electron chi connectivity index (χ4n) is 3.47. The summed E-state index contributed by atoms with van der Waals surface area (Å²) < 4.78 is 1.98. The summed E-state index contributed by atoms with van der Waals surface area (Å²) in [4.78, 5) is 27.5. The van der Waals surface area contributed by atoms with Gasteiger partial charge >= 0.3 is 0 Å². The lowest BCUT2D eigenvalue weighted by Crippen LogP contribution is -2.49. The second-order valence-corrected chi connectivity index (χ2v) is 7.39. The minimum Gasteiger partial charge on any atom is -0.339 e. The highest BCUT2D eigenvalue weighted by molar-refractivity contribution is 5.92. The first-order valence-electron chi connectivity index (χ1n) is 9.67. The van der Waals surface area contributed by atoms with Crippen molar-refractivity contribution in [1.29, 1.82) is 0 Å². The van der Waals surface area contributed by atoms with Gasteiger partial charge in [-0.1, -0.05) is 29.8 Å². The van der Waals surface area contributed by atoms with Crippen molar-refractivity contribution in [3.05, 3.63) is 58.4 Å². The number of carbonyl (C=O) groups excluding carboxylic acids is 2. The monoisotopic (exact) mass is 380 g/mol. The molecule has 1 fully saturated rings. The fourth-order valence-corrected chi connectivity index (χ4v) is 3.47. The molecule has 0 unspecified atom stereocenters. The molecule has 0 aliphatic carbocycles. The van der Waals surface area contributed by atoms with Gasteiger partial charge in [0.25, 0.3) is 0 Å². The van der Waals surface area contributed by atoms with Gasteiger partial charge in [-0.15, -0.1) is 0 Å². The van der Waals surface area contributed by atoms with Gasteiger partial charge < -0.3 is 9.80 Å². The summed E-state index contributed by atoms with van der Waals surface area (Å²) in [6, 6.07) is 8.44. The Morgan fingerprint density at radius 2 is 1.61 bits per heavy atom. The van der Waals surface area contributed by atoms with Crippen molar-refractivity contribution in [2.24, 2.45) is 0 Å². The van der Waals surface area contributed by atoms with Crippen LogP contribution in [0.2, 0.25) is 0 Å². The van der Waals surface area contributed by atoms with E-state index in [9.17, 15) is 9.59 Å². The third-order valence-corrected chi connectivity index (χ3v) is 5.32. The molecule has 28 heavy (non-hydrogen) atoms. The van der Waals surface area contributed by atoms with Gasteiger partial charge in [-0.2, -0.15) is 5.10 Å². The van der Waals surface area contributed by atoms with E-state index in [2.05, 4.69) is 36.3 Å². The molecule has 1 aliphatic rings. The highest BCUT2D eigenvalue weighted by Gasteiger charge is 2.21. The molecule has 0 bridgehead atoms. The zero-order valence-electron chi connectivity index (χ0n) is 17.1. The molecule has 2 aromatic rings. The van der Waals surface area contributed by atoms with Crippen LogP contribution < -0.4 is 0 Å². The van der Waals surface area contributed by atoms with Crippen molar-refractivity contribution in [1.82, 2.24) is 19.6 Å². The zero-order chi connectivity index (χ0) is 20.3. The van der Waals surface area contributed by atoms with Crippen molar-refractivity contribution in [3.8, 4) is 0 Å². The van der Waals surface area contributed by atoms with Crippen LogP contribution in [-0.4, -0.2) is 57.6 Å². The van der Waals surface area contributed by atoms with Crippen molar-refractivity contribution in [2.75, 3.05) is 26.2 Å². The molecule has 1 saturated heterocycles. The third kappa shape index (κ3) is 4.50. The lowest BCUT2D eigenvalue weighted by Gasteiger charge is -2.33. The van der Waals surface area contributed by atoms with E-state index in [-0.39, 0.29) is 11.8 Å². The topological polar surface area (TPSA) is 58.4 Å². The van der Waals surface area contributed by atoms with Crippen LogP contribution in [0.5, 0.6) is 0 Å². The minimum atomic E-state index is -0.0201. The summed E-state index contributed by atoms with van der Waals surface area (Å²) >= 11 is 0. The molecule has 1 aromatic heterocycles. The molecule has 1 aliphatic heterocycles. The maximum absolute atomic E-state index is 12.5. The van der Waals surface area contributed by atoms with E-state index in [0.717, 1.165) is 17.0 Å². The SMILES string of the molecule is CC(=O)N1CCN(C(=O)C=Cc2c(C)nn(Cc3ccc(C)cc3)c2C)CC1. The average Bonchev–Trinajstić information content (AvgIpc) is 2.94. The van der Waals surface area contributed by atoms with Crippen molar-refractivity contribution in [2.45, 2.75) is 34.2 Å². The predicted molar refractivity (Wildman–Crippen MR) is 110 cm³/mol. The van der Waals surface area contributed by atoms with E-state index >= 15 is 0 Å². The first-order chi connectivity index (χ1) is 13.3. The van der Waals surface area contributed by atoms with Gasteiger partial charge in [0.2, 0.25) is 11.8 Å². The number of carbonyl (C=O) groups is 2. The molecule has 3 rings (SSSR count). The molecular formula is C22H28N4O2. The first kappa shape index (κ1) is 19.9. The van der Waals surface area contributed by atoms with Gasteiger partial charge in [0.1, 0.15) is 0 Å². The number of benzene rings is 1. The van der Waals surface area contributed by atoms with Crippen LogP contribution in [-0.2, 0) is 16.1 Å². The van der Waals surface area contributed by atoms with Crippen molar-refractivity contribution >= 4 is 17.9 Å². The Labute approximate surface area is 166 Å². The fraction of sp³-hybridized carbons (Fsp3) is 0.409. The van der Waals surface area contributed by atoms with Gasteiger partial charge in [0.05, 0.1) is 12.2 Å². The molecule has 0 atom stereocenters. The lowest BCUT2D eigenvalue weighted by atomic mass is 10.1. The van der Waals surface area contributed by atoms with Crippen LogP contribution in [0.3, 0.4) is 0 Å². The van der Waals surface area contributed by atoms with E-state index < -0.39 is 0 Å². The van der Waals surface area contributed by atoms with Crippen molar-refractivity contribution in [3.63, 3.8) is 0 Å². The summed E-state index contributed by atoms with van der Waals surface area (Å²) in [6.07, 6.45) is 3.49. The van der Waals surface area contributed by atoms with Crippen LogP contribution in [0, 0.1) is 20.8 Å². The minimum absolute atomic E-state index is 0.0201. The zero-order valence-corrected chi connectivity index (χ0v) is 17.1. The van der Waals surface area contributed by atoms with Gasteiger partial charge in [-0.3, -0.25) is 14.3 Å². The summed E-state index contributed by atoms with van der Waals surface area (Å²) in [5, 5.41) is 4.64. The maximum Gasteiger partial charge on any atom is 0.246 e. The summed E-state index contributed by atoms with van der Waals surface area (Å²) in [5.74, 6) is 0.0446. The number of piperazine rings is 1. The van der Waals surface area contributed by atoms with Gasteiger partial charge in [-0.25, -0.2) is 0 Å². The Morgan fingerprint density at radius 1 is 1.00 bits per heavy atom. The summed E-state index contributed by atoms with van der Waals surface area (Å²) in [5.41, 5.74) is 5.39. The highest BCUT2D eigenvalue weighted by atomic mass is 16.2. The highest BCUT2D eigenvalue weighted by Crippen LogP contribution is 2.17. The van der Waals surface area contributed by atoms with E-state index in [1.165, 1.54) is 11.1 Å². The van der Waals surface area contributed by atoms with E-state index in [4.69, 9.17) is 0 Å². The molecule has 0 spiro atoms. The standard InChI is InChI=1S/C22H28N4O2/c1-16-5-7-20(8-6-16)15-26-18(3)21(17(2)23-26)9-10-22(28)25-13-11-24(12-14-25)19(4)27/h5-10H,11-15H2,1-4H3. The largest absolute Gasteiger partial charge is 0.339 e. The molecule has 6 nitrogen and oxygen atoms in total. The Hall–Kier alpha value is -2.89. The number of hydrogen-bond acceptors (Lipinski definition) is 3. The van der Waals surface area contributed by atoms with Crippen molar-refractivity contribution < 1.29 is 9.59 Å². The van der Waals surface area contributed by atoms with Gasteiger partial charge in [-0.05, 0) is 32.4 Å². The molecule has 2 heterocycles. The Balaban J connectivity index is 1.67. The number of amides is 2. The first-order valence-corrected chi connectivity index (χ1v) is 9.67. The van der Waals surface area contributed by atoms with Gasteiger partial charge in [0, 0.05) is 50.4 Å². The quantitative estimate of drug-likeness (QED) is 0.766. The molecule has 0 radical (unpaired) electrons. The number of aryl methyl sites for hydroxylation is 2. The Kier molecular flexibility index (Phi) is 5.97. The lowest BCUT2D eigenvalue weighted by molar-refractivity contribution is -0.135. The maximum atomic E-state index is 12.5. The summed E-state index contributed by atoms with van der Waals surface area (Å²) in [6.45, 7) is 10.7. The smallest absolute Gasteiger partial charge is 0.246 e. The molecule has 0 N–H and O–H groups in total. The molecule has 148 valence electrons. The second kappa shape index (κ2) is 8.42. The summed E-state index contributed by atoms with van der Waals surface area (Å²) in [7, 11) is 0.